The highest BCUT2D eigenvalue weighted by molar-refractivity contribution is 5.88. The number of nitrogens with one attached hydrogen (secondary N) is 2. The quantitative estimate of drug-likeness (QED) is 0.657. The lowest BCUT2D eigenvalue weighted by atomic mass is 10.1. The first-order valence-corrected chi connectivity index (χ1v) is 4.97. The molecule has 1 heterocycles. The molecule has 2 atom stereocenters. The third kappa shape index (κ3) is 3.06. The molecular formula is C10H16N2O3. The minimum absolute atomic E-state index is 0.0358. The third-order valence-corrected chi connectivity index (χ3v) is 2.20. The first kappa shape index (κ1) is 11.7. The molecular weight excluding hydrogens is 196 g/mol. The van der Waals surface area contributed by atoms with E-state index in [2.05, 4.69) is 10.8 Å². The van der Waals surface area contributed by atoms with Gasteiger partial charge in [0.15, 0.2) is 5.78 Å². The van der Waals surface area contributed by atoms with Gasteiger partial charge in [0.2, 0.25) is 0 Å². The molecule has 1 saturated heterocycles. The molecule has 0 radical (unpaired) electrons. The zero-order valence-corrected chi connectivity index (χ0v) is 9.16. The van der Waals surface area contributed by atoms with E-state index in [1.165, 1.54) is 13.0 Å². The van der Waals surface area contributed by atoms with Crippen LogP contribution in [0.3, 0.4) is 0 Å². The van der Waals surface area contributed by atoms with Crippen LogP contribution in [0.15, 0.2) is 11.8 Å². The summed E-state index contributed by atoms with van der Waals surface area (Å²) in [5, 5.41) is 3.00. The topological polar surface area (TPSA) is 67.4 Å². The lowest BCUT2D eigenvalue weighted by molar-refractivity contribution is -0.125. The van der Waals surface area contributed by atoms with Crippen LogP contribution in [-0.4, -0.2) is 23.8 Å². The van der Waals surface area contributed by atoms with Crippen LogP contribution in [0, 0.1) is 0 Å². The lowest BCUT2D eigenvalue weighted by Crippen LogP contribution is -2.40. The van der Waals surface area contributed by atoms with Crippen molar-refractivity contribution in [2.24, 2.45) is 0 Å². The Morgan fingerprint density at radius 1 is 1.67 bits per heavy atom. The SMILES string of the molecule is CCC(=CC(C)=O)NC1C(=O)NOC1C. The summed E-state index contributed by atoms with van der Waals surface area (Å²) in [6, 6.07) is -0.421. The Bertz CT molecular complexity index is 299. The highest BCUT2D eigenvalue weighted by Gasteiger charge is 2.33. The molecule has 0 aromatic carbocycles. The van der Waals surface area contributed by atoms with Crippen LogP contribution in [-0.2, 0) is 14.4 Å². The lowest BCUT2D eigenvalue weighted by Gasteiger charge is -2.15. The second-order valence-electron chi connectivity index (χ2n) is 3.55. The summed E-state index contributed by atoms with van der Waals surface area (Å²) in [5.74, 6) is -0.239. The predicted octanol–water partition coefficient (Wildman–Crippen LogP) is 0.277. The van der Waals surface area contributed by atoms with Gasteiger partial charge in [0.1, 0.15) is 12.1 Å². The highest BCUT2D eigenvalue weighted by atomic mass is 16.7. The van der Waals surface area contributed by atoms with Crippen LogP contribution in [0.25, 0.3) is 0 Å². The first-order chi connectivity index (χ1) is 7.04. The average molecular weight is 212 g/mol. The van der Waals surface area contributed by atoms with Crippen LogP contribution < -0.4 is 10.8 Å². The molecule has 1 amide bonds. The number of hydrogen-bond acceptors (Lipinski definition) is 4. The van der Waals surface area contributed by atoms with Gasteiger partial charge in [-0.05, 0) is 26.3 Å². The molecule has 0 aromatic rings. The smallest absolute Gasteiger partial charge is 0.268 e. The van der Waals surface area contributed by atoms with Crippen LogP contribution in [0.5, 0.6) is 0 Å². The molecule has 0 spiro atoms. The minimum Gasteiger partial charge on any atom is -0.375 e. The van der Waals surface area contributed by atoms with Crippen LogP contribution in [0.1, 0.15) is 27.2 Å². The van der Waals surface area contributed by atoms with Crippen molar-refractivity contribution in [1.82, 2.24) is 10.8 Å². The predicted molar refractivity (Wildman–Crippen MR) is 54.7 cm³/mol. The number of carbonyl (C=O) groups is 2. The molecule has 0 saturated carbocycles. The van der Waals surface area contributed by atoms with Crippen LogP contribution in [0.2, 0.25) is 0 Å². The van der Waals surface area contributed by atoms with Crippen molar-refractivity contribution in [2.45, 2.75) is 39.3 Å². The molecule has 5 heteroatoms. The summed E-state index contributed by atoms with van der Waals surface area (Å²) in [6.45, 7) is 5.18. The van der Waals surface area contributed by atoms with Crippen molar-refractivity contribution in [3.05, 3.63) is 11.8 Å². The summed E-state index contributed by atoms with van der Waals surface area (Å²) in [4.78, 5) is 27.2. The maximum atomic E-state index is 11.3. The molecule has 1 rings (SSSR count). The van der Waals surface area contributed by atoms with Gasteiger partial charge in [-0.15, -0.1) is 0 Å². The van der Waals surface area contributed by atoms with E-state index in [4.69, 9.17) is 4.84 Å². The zero-order chi connectivity index (χ0) is 11.4. The Hall–Kier alpha value is -1.36. The zero-order valence-electron chi connectivity index (χ0n) is 9.16. The second-order valence-corrected chi connectivity index (χ2v) is 3.55. The molecule has 2 unspecified atom stereocenters. The second kappa shape index (κ2) is 4.93. The number of hydroxylamine groups is 1. The fourth-order valence-electron chi connectivity index (χ4n) is 1.37. The average Bonchev–Trinajstić information content (AvgIpc) is 2.47. The van der Waals surface area contributed by atoms with Crippen LogP contribution >= 0.6 is 0 Å². The Morgan fingerprint density at radius 2 is 2.33 bits per heavy atom. The molecule has 0 bridgehead atoms. The molecule has 0 aromatic heterocycles. The van der Waals surface area contributed by atoms with Crippen molar-refractivity contribution < 1.29 is 14.4 Å². The van der Waals surface area contributed by atoms with Gasteiger partial charge in [-0.25, -0.2) is 5.48 Å². The van der Waals surface area contributed by atoms with Gasteiger partial charge in [0.05, 0.1) is 0 Å². The molecule has 15 heavy (non-hydrogen) atoms. The van der Waals surface area contributed by atoms with Gasteiger partial charge in [-0.2, -0.15) is 0 Å². The van der Waals surface area contributed by atoms with E-state index in [0.29, 0.717) is 6.42 Å². The van der Waals surface area contributed by atoms with Gasteiger partial charge in [-0.3, -0.25) is 14.4 Å². The number of ketones is 1. The summed E-state index contributed by atoms with van der Waals surface area (Å²) in [5.41, 5.74) is 3.04. The van der Waals surface area contributed by atoms with Crippen molar-refractivity contribution >= 4 is 11.7 Å². The normalized spacial score (nSPS) is 26.3. The highest BCUT2D eigenvalue weighted by Crippen LogP contribution is 2.08. The summed E-state index contributed by atoms with van der Waals surface area (Å²) in [6.07, 6.45) is 1.94. The van der Waals surface area contributed by atoms with E-state index >= 15 is 0 Å². The van der Waals surface area contributed by atoms with Crippen molar-refractivity contribution in [3.63, 3.8) is 0 Å². The third-order valence-electron chi connectivity index (χ3n) is 2.20. The Morgan fingerprint density at radius 3 is 2.73 bits per heavy atom. The number of rotatable bonds is 4. The molecule has 1 fully saturated rings. The minimum atomic E-state index is -0.421. The van der Waals surface area contributed by atoms with Gasteiger partial charge >= 0.3 is 0 Å². The maximum Gasteiger partial charge on any atom is 0.268 e. The van der Waals surface area contributed by atoms with E-state index in [-0.39, 0.29) is 17.8 Å². The van der Waals surface area contributed by atoms with E-state index in [0.717, 1.165) is 5.70 Å². The number of hydrogen-bond donors (Lipinski definition) is 2. The van der Waals surface area contributed by atoms with Crippen molar-refractivity contribution in [2.75, 3.05) is 0 Å². The summed E-state index contributed by atoms with van der Waals surface area (Å²) in [7, 11) is 0. The van der Waals surface area contributed by atoms with Crippen LogP contribution in [0.4, 0.5) is 0 Å². The van der Waals surface area contributed by atoms with E-state index in [1.807, 2.05) is 6.92 Å². The molecule has 1 aliphatic rings. The maximum absolute atomic E-state index is 11.3. The first-order valence-electron chi connectivity index (χ1n) is 4.97. The van der Waals surface area contributed by atoms with Crippen molar-refractivity contribution in [3.8, 4) is 0 Å². The van der Waals surface area contributed by atoms with Gasteiger partial charge < -0.3 is 5.32 Å². The Kier molecular flexibility index (Phi) is 3.85. The number of carbonyl (C=O) groups excluding carboxylic acids is 2. The van der Waals surface area contributed by atoms with E-state index in [1.54, 1.807) is 6.92 Å². The monoisotopic (exact) mass is 212 g/mol. The number of amides is 1. The van der Waals surface area contributed by atoms with Gasteiger partial charge in [0, 0.05) is 5.70 Å². The fourth-order valence-corrected chi connectivity index (χ4v) is 1.37. The standard InChI is InChI=1S/C10H16N2O3/c1-4-8(5-6(2)13)11-9-7(3)15-12-10(9)14/h5,7,9,11H,4H2,1-3H3,(H,12,14). The van der Waals surface area contributed by atoms with Crippen molar-refractivity contribution in [1.29, 1.82) is 0 Å². The summed E-state index contributed by atoms with van der Waals surface area (Å²) >= 11 is 0. The largest absolute Gasteiger partial charge is 0.375 e. The number of allylic oxidation sites excluding steroid dienone is 2. The molecule has 5 nitrogen and oxygen atoms in total. The van der Waals surface area contributed by atoms with Gasteiger partial charge in [0.25, 0.3) is 5.91 Å². The molecule has 1 aliphatic heterocycles. The molecule has 0 aliphatic carbocycles. The fraction of sp³-hybridized carbons (Fsp3) is 0.600. The van der Waals surface area contributed by atoms with Gasteiger partial charge in [-0.1, -0.05) is 6.92 Å². The molecule has 84 valence electrons. The summed E-state index contributed by atoms with van der Waals surface area (Å²) < 4.78 is 0. The Labute approximate surface area is 88.8 Å². The Balaban J connectivity index is 2.66. The van der Waals surface area contributed by atoms with E-state index < -0.39 is 6.04 Å². The van der Waals surface area contributed by atoms with E-state index in [9.17, 15) is 9.59 Å². The molecule has 2 N–H and O–H groups in total.